The zero-order chi connectivity index (χ0) is 10.0. The molecule has 0 aliphatic carbocycles. The van der Waals surface area contributed by atoms with Crippen molar-refractivity contribution in [2.24, 2.45) is 10.2 Å². The van der Waals surface area contributed by atoms with Crippen LogP contribution < -0.4 is 0 Å². The Morgan fingerprint density at radius 2 is 2.15 bits per heavy atom. The van der Waals surface area contributed by atoms with Crippen LogP contribution in [0.5, 0.6) is 0 Å². The van der Waals surface area contributed by atoms with Crippen LogP contribution in [0.4, 0.5) is 0 Å². The van der Waals surface area contributed by atoms with Gasteiger partial charge in [-0.2, -0.15) is 8.42 Å². The minimum atomic E-state index is -2.19. The lowest BCUT2D eigenvalue weighted by Gasteiger charge is -2.04. The van der Waals surface area contributed by atoms with Crippen LogP contribution in [0.1, 0.15) is 20.3 Å². The molecule has 1 heterocycles. The maximum absolute atomic E-state index is 10.8. The maximum atomic E-state index is 10.8. The first-order valence-corrected chi connectivity index (χ1v) is 6.93. The van der Waals surface area contributed by atoms with E-state index in [2.05, 4.69) is 10.2 Å². The van der Waals surface area contributed by atoms with E-state index in [9.17, 15) is 8.42 Å². The van der Waals surface area contributed by atoms with Gasteiger partial charge in [0.05, 0.1) is 5.38 Å². The zero-order valence-electron chi connectivity index (χ0n) is 7.19. The van der Waals surface area contributed by atoms with Crippen LogP contribution >= 0.6 is 11.6 Å². The van der Waals surface area contributed by atoms with E-state index in [1.807, 2.05) is 6.92 Å². The molecule has 2 unspecified atom stereocenters. The summed E-state index contributed by atoms with van der Waals surface area (Å²) in [5.41, 5.74) is 0. The highest BCUT2D eigenvalue weighted by Crippen LogP contribution is 2.14. The molecular formula is C6H9ClN2O2S2. The van der Waals surface area contributed by atoms with Crippen LogP contribution in [0, 0.1) is 0 Å². The molecule has 1 aliphatic rings. The molecule has 0 saturated carbocycles. The molecule has 0 aromatic rings. The molecule has 1 rings (SSSR count). The third kappa shape index (κ3) is 2.18. The molecule has 0 bridgehead atoms. The SMILES string of the molecule is CCC(Cl)C1=NN=C(C)S1=S(=O)=O. The van der Waals surface area contributed by atoms with E-state index in [1.54, 1.807) is 6.92 Å². The lowest BCUT2D eigenvalue weighted by atomic mass is 10.3. The summed E-state index contributed by atoms with van der Waals surface area (Å²) in [6.07, 6.45) is 0.657. The third-order valence-corrected chi connectivity index (χ3v) is 5.84. The van der Waals surface area contributed by atoms with E-state index in [4.69, 9.17) is 11.6 Å². The fourth-order valence-corrected chi connectivity index (χ4v) is 4.16. The third-order valence-electron chi connectivity index (χ3n) is 1.51. The van der Waals surface area contributed by atoms with E-state index in [-0.39, 0.29) is 5.38 Å². The summed E-state index contributed by atoms with van der Waals surface area (Å²) in [7, 11) is -3.20. The normalized spacial score (nSPS) is 23.8. The summed E-state index contributed by atoms with van der Waals surface area (Å²) in [6.45, 7) is 3.53. The van der Waals surface area contributed by atoms with Gasteiger partial charge in [-0.1, -0.05) is 6.92 Å². The second-order valence-electron chi connectivity index (χ2n) is 2.41. The van der Waals surface area contributed by atoms with Gasteiger partial charge in [-0.25, -0.2) is 0 Å². The summed E-state index contributed by atoms with van der Waals surface area (Å²) in [5, 5.41) is 8.16. The van der Waals surface area contributed by atoms with E-state index in [0.29, 0.717) is 16.5 Å². The number of halogens is 1. The first kappa shape index (κ1) is 10.9. The standard InChI is InChI=1S/C6H9ClN2O2S2/c1-3-5(7)6-9-8-4(2)12(6)13(10)11/h5H,3H2,1-2H3. The molecule has 1 aliphatic heterocycles. The van der Waals surface area contributed by atoms with Gasteiger partial charge in [-0.05, 0) is 13.3 Å². The summed E-state index contributed by atoms with van der Waals surface area (Å²) in [4.78, 5) is 0. The minimum absolute atomic E-state index is 0.331. The Bertz CT molecular complexity index is 402. The van der Waals surface area contributed by atoms with Gasteiger partial charge >= 0.3 is 0 Å². The minimum Gasteiger partial charge on any atom is -0.177 e. The molecule has 0 amide bonds. The Labute approximate surface area is 84.8 Å². The predicted octanol–water partition coefficient (Wildman–Crippen LogP) is 1.16. The summed E-state index contributed by atoms with van der Waals surface area (Å²) in [5.74, 6) is 0. The van der Waals surface area contributed by atoms with Crippen LogP contribution in [0.3, 0.4) is 0 Å². The van der Waals surface area contributed by atoms with Crippen LogP contribution in [-0.4, -0.2) is 23.9 Å². The molecule has 0 saturated heterocycles. The van der Waals surface area contributed by atoms with Crippen LogP contribution in [0.2, 0.25) is 0 Å². The Kier molecular flexibility index (Phi) is 3.63. The fourth-order valence-electron chi connectivity index (χ4n) is 0.867. The van der Waals surface area contributed by atoms with E-state index >= 15 is 0 Å². The van der Waals surface area contributed by atoms with Crippen molar-refractivity contribution in [1.29, 1.82) is 0 Å². The summed E-state index contributed by atoms with van der Waals surface area (Å²) >= 11 is 5.91. The van der Waals surface area contributed by atoms with Crippen molar-refractivity contribution in [2.75, 3.05) is 0 Å². The molecule has 7 heteroatoms. The number of rotatable bonds is 2. The number of alkyl halides is 1. The van der Waals surface area contributed by atoms with Crippen molar-refractivity contribution in [2.45, 2.75) is 25.6 Å². The van der Waals surface area contributed by atoms with E-state index in [1.165, 1.54) is 0 Å². The average Bonchev–Trinajstić information content (AvgIpc) is 2.45. The quantitative estimate of drug-likeness (QED) is 0.680. The average molecular weight is 241 g/mol. The van der Waals surface area contributed by atoms with Gasteiger partial charge in [0.15, 0.2) is 0 Å². The smallest absolute Gasteiger partial charge is 0.177 e. The number of hydrogen-bond donors (Lipinski definition) is 0. The van der Waals surface area contributed by atoms with Crippen molar-refractivity contribution in [3.63, 3.8) is 0 Å². The monoisotopic (exact) mass is 240 g/mol. The fraction of sp³-hybridized carbons (Fsp3) is 0.667. The largest absolute Gasteiger partial charge is 0.252 e. The topological polar surface area (TPSA) is 58.9 Å². The van der Waals surface area contributed by atoms with Gasteiger partial charge in [-0.15, -0.1) is 21.8 Å². The second kappa shape index (κ2) is 4.34. The van der Waals surface area contributed by atoms with Gasteiger partial charge in [0.1, 0.15) is 10.1 Å². The van der Waals surface area contributed by atoms with Gasteiger partial charge in [0.25, 0.3) is 9.26 Å². The van der Waals surface area contributed by atoms with Gasteiger partial charge in [-0.3, -0.25) is 0 Å². The first-order chi connectivity index (χ1) is 6.07. The highest BCUT2D eigenvalue weighted by molar-refractivity contribution is 8.49. The molecule has 0 radical (unpaired) electrons. The summed E-state index contributed by atoms with van der Waals surface area (Å²) in [6, 6.07) is 0. The molecule has 2 atom stereocenters. The van der Waals surface area contributed by atoms with Gasteiger partial charge < -0.3 is 0 Å². The lowest BCUT2D eigenvalue weighted by Crippen LogP contribution is -2.20. The zero-order valence-corrected chi connectivity index (χ0v) is 9.58. The Morgan fingerprint density at radius 3 is 2.62 bits per heavy atom. The molecular weight excluding hydrogens is 232 g/mol. The molecule has 0 fully saturated rings. The van der Waals surface area contributed by atoms with Crippen LogP contribution in [-0.2, 0) is 18.7 Å². The molecule has 0 N–H and O–H groups in total. The van der Waals surface area contributed by atoms with Crippen molar-refractivity contribution in [3.05, 3.63) is 0 Å². The first-order valence-electron chi connectivity index (χ1n) is 3.68. The molecule has 74 valence electrons. The van der Waals surface area contributed by atoms with Crippen LogP contribution in [0.15, 0.2) is 10.2 Å². The predicted molar refractivity (Wildman–Crippen MR) is 56.8 cm³/mol. The van der Waals surface area contributed by atoms with Crippen molar-refractivity contribution >= 4 is 40.4 Å². The van der Waals surface area contributed by atoms with Gasteiger partial charge in [0.2, 0.25) is 0 Å². The molecule has 0 aromatic heterocycles. The van der Waals surface area contributed by atoms with E-state index in [0.717, 1.165) is 0 Å². The van der Waals surface area contributed by atoms with Crippen molar-refractivity contribution < 1.29 is 8.42 Å². The lowest BCUT2D eigenvalue weighted by molar-refractivity contribution is 0.628. The van der Waals surface area contributed by atoms with Crippen LogP contribution in [0.25, 0.3) is 0 Å². The Morgan fingerprint density at radius 1 is 1.54 bits per heavy atom. The number of nitrogens with zero attached hydrogens (tertiary/aromatic N) is 2. The maximum Gasteiger partial charge on any atom is 0.252 e. The number of hydrogen-bond acceptors (Lipinski definition) is 4. The van der Waals surface area contributed by atoms with E-state index < -0.39 is 18.7 Å². The Balaban J connectivity index is 3.15. The Hall–Kier alpha value is -0.200. The molecule has 4 nitrogen and oxygen atoms in total. The summed E-state index contributed by atoms with van der Waals surface area (Å²) < 4.78 is 21.7. The van der Waals surface area contributed by atoms with Crippen molar-refractivity contribution in [1.82, 2.24) is 0 Å². The molecule has 13 heavy (non-hydrogen) atoms. The van der Waals surface area contributed by atoms with Gasteiger partial charge in [0, 0.05) is 9.45 Å². The highest BCUT2D eigenvalue weighted by atomic mass is 35.5. The second-order valence-corrected chi connectivity index (χ2v) is 6.70. The highest BCUT2D eigenvalue weighted by Gasteiger charge is 2.24. The molecule has 0 aromatic carbocycles. The van der Waals surface area contributed by atoms with Crippen molar-refractivity contribution in [3.8, 4) is 0 Å². The molecule has 0 spiro atoms.